The Morgan fingerprint density at radius 2 is 2.04 bits per heavy atom. The van der Waals surface area contributed by atoms with E-state index in [2.05, 4.69) is 15.6 Å². The van der Waals surface area contributed by atoms with Gasteiger partial charge in [-0.1, -0.05) is 19.9 Å². The van der Waals surface area contributed by atoms with Gasteiger partial charge < -0.3 is 20.3 Å². The van der Waals surface area contributed by atoms with E-state index in [4.69, 9.17) is 4.74 Å². The van der Waals surface area contributed by atoms with E-state index in [1.54, 1.807) is 18.6 Å². The molecule has 0 aliphatic heterocycles. The highest BCUT2D eigenvalue weighted by molar-refractivity contribution is 7.13. The average molecular weight is 405 g/mol. The first-order valence-corrected chi connectivity index (χ1v) is 10.3. The van der Waals surface area contributed by atoms with Gasteiger partial charge in [0.2, 0.25) is 0 Å². The number of nitrogens with zero attached hydrogens (tertiary/aromatic N) is 2. The standard InChI is InChI=1S/C20H28N4O3S/c1-5-9-21-18(25)15-12-14(6-2)7-8-16(15)22-19(26)17-13-28-20(23-17)24(3)10-11-27-4/h7-8,12-13H,5-6,9-11H2,1-4H3,(H,21,25)(H,22,26). The lowest BCUT2D eigenvalue weighted by molar-refractivity contribution is 0.0954. The van der Waals surface area contributed by atoms with E-state index in [1.807, 2.05) is 37.9 Å². The molecule has 0 saturated carbocycles. The van der Waals surface area contributed by atoms with Crippen LogP contribution in [-0.4, -0.2) is 50.7 Å². The number of likely N-dealkylation sites (N-methyl/N-ethyl adjacent to an activating group) is 1. The fourth-order valence-corrected chi connectivity index (χ4v) is 3.30. The smallest absolute Gasteiger partial charge is 0.275 e. The minimum Gasteiger partial charge on any atom is -0.383 e. The van der Waals surface area contributed by atoms with Gasteiger partial charge in [0.05, 0.1) is 17.9 Å². The number of thiazole rings is 1. The van der Waals surface area contributed by atoms with E-state index in [1.165, 1.54) is 11.3 Å². The van der Waals surface area contributed by atoms with Crippen molar-refractivity contribution in [2.75, 3.05) is 44.1 Å². The van der Waals surface area contributed by atoms with Gasteiger partial charge in [0.25, 0.3) is 11.8 Å². The number of hydrogen-bond donors (Lipinski definition) is 2. The maximum Gasteiger partial charge on any atom is 0.275 e. The second-order valence-corrected chi connectivity index (χ2v) is 7.21. The summed E-state index contributed by atoms with van der Waals surface area (Å²) in [6.45, 7) is 5.88. The summed E-state index contributed by atoms with van der Waals surface area (Å²) in [5.41, 5.74) is 2.31. The zero-order valence-electron chi connectivity index (χ0n) is 16.9. The van der Waals surface area contributed by atoms with E-state index < -0.39 is 0 Å². The first-order chi connectivity index (χ1) is 13.5. The van der Waals surface area contributed by atoms with E-state index in [0.29, 0.717) is 36.6 Å². The van der Waals surface area contributed by atoms with Gasteiger partial charge in [-0.3, -0.25) is 9.59 Å². The van der Waals surface area contributed by atoms with Crippen LogP contribution in [0, 0.1) is 0 Å². The van der Waals surface area contributed by atoms with Crippen LogP contribution in [0.1, 0.15) is 46.7 Å². The molecule has 8 heteroatoms. The van der Waals surface area contributed by atoms with Crippen LogP contribution in [0.4, 0.5) is 10.8 Å². The number of amides is 2. The van der Waals surface area contributed by atoms with Crippen molar-refractivity contribution in [3.8, 4) is 0 Å². The van der Waals surface area contributed by atoms with Crippen molar-refractivity contribution in [3.05, 3.63) is 40.4 Å². The summed E-state index contributed by atoms with van der Waals surface area (Å²) >= 11 is 1.39. The van der Waals surface area contributed by atoms with Gasteiger partial charge in [-0.05, 0) is 30.5 Å². The number of aromatic nitrogens is 1. The molecule has 0 unspecified atom stereocenters. The fourth-order valence-electron chi connectivity index (χ4n) is 2.50. The third-order valence-corrected chi connectivity index (χ3v) is 5.16. The molecular formula is C20H28N4O3S. The summed E-state index contributed by atoms with van der Waals surface area (Å²) in [6, 6.07) is 5.51. The number of aryl methyl sites for hydroxylation is 1. The van der Waals surface area contributed by atoms with Gasteiger partial charge in [0.15, 0.2) is 5.13 Å². The SMILES string of the molecule is CCCNC(=O)c1cc(CC)ccc1NC(=O)c1csc(N(C)CCOC)n1. The molecule has 2 N–H and O–H groups in total. The first kappa shape index (κ1) is 21.8. The van der Waals surface area contributed by atoms with Gasteiger partial charge in [-0.25, -0.2) is 4.98 Å². The van der Waals surface area contributed by atoms with Crippen molar-refractivity contribution in [2.45, 2.75) is 26.7 Å². The number of hydrogen-bond acceptors (Lipinski definition) is 6. The summed E-state index contributed by atoms with van der Waals surface area (Å²) < 4.78 is 5.07. The second-order valence-electron chi connectivity index (χ2n) is 6.37. The molecule has 7 nitrogen and oxygen atoms in total. The third-order valence-electron chi connectivity index (χ3n) is 4.20. The predicted molar refractivity (Wildman–Crippen MR) is 114 cm³/mol. The largest absolute Gasteiger partial charge is 0.383 e. The molecule has 1 heterocycles. The maximum atomic E-state index is 12.7. The molecule has 2 amide bonds. The fraction of sp³-hybridized carbons (Fsp3) is 0.450. The average Bonchev–Trinajstić information content (AvgIpc) is 3.21. The number of carbonyl (C=O) groups excluding carboxylic acids is 2. The lowest BCUT2D eigenvalue weighted by atomic mass is 10.1. The molecule has 0 aliphatic carbocycles. The summed E-state index contributed by atoms with van der Waals surface area (Å²) in [5.74, 6) is -0.526. The molecular weight excluding hydrogens is 376 g/mol. The summed E-state index contributed by atoms with van der Waals surface area (Å²) in [4.78, 5) is 31.5. The normalized spacial score (nSPS) is 10.6. The maximum absolute atomic E-state index is 12.7. The number of ether oxygens (including phenoxy) is 1. The molecule has 0 bridgehead atoms. The predicted octanol–water partition coefficient (Wildman–Crippen LogP) is 3.18. The molecule has 1 aromatic heterocycles. The lowest BCUT2D eigenvalue weighted by Gasteiger charge is -2.14. The molecule has 28 heavy (non-hydrogen) atoms. The summed E-state index contributed by atoms with van der Waals surface area (Å²) in [7, 11) is 3.55. The molecule has 0 saturated heterocycles. The highest BCUT2D eigenvalue weighted by atomic mass is 32.1. The van der Waals surface area contributed by atoms with Crippen molar-refractivity contribution < 1.29 is 14.3 Å². The van der Waals surface area contributed by atoms with Crippen LogP contribution < -0.4 is 15.5 Å². The number of anilines is 2. The van der Waals surface area contributed by atoms with Crippen molar-refractivity contribution in [2.24, 2.45) is 0 Å². The molecule has 2 aromatic rings. The molecule has 0 fully saturated rings. The van der Waals surface area contributed by atoms with E-state index in [0.717, 1.165) is 23.5 Å². The number of nitrogens with one attached hydrogen (secondary N) is 2. The van der Waals surface area contributed by atoms with E-state index >= 15 is 0 Å². The van der Waals surface area contributed by atoms with Gasteiger partial charge in [0.1, 0.15) is 5.69 Å². The zero-order valence-corrected chi connectivity index (χ0v) is 17.7. The minimum absolute atomic E-state index is 0.189. The Hall–Kier alpha value is -2.45. The number of methoxy groups -OCH3 is 1. The Bertz CT molecular complexity index is 806. The molecule has 152 valence electrons. The Labute approximate surface area is 170 Å². The van der Waals surface area contributed by atoms with Crippen molar-refractivity contribution >= 4 is 34.0 Å². The van der Waals surface area contributed by atoms with Crippen LogP contribution in [0.2, 0.25) is 0 Å². The quantitative estimate of drug-likeness (QED) is 0.635. The molecule has 0 spiro atoms. The number of benzene rings is 1. The van der Waals surface area contributed by atoms with Gasteiger partial charge >= 0.3 is 0 Å². The Morgan fingerprint density at radius 1 is 1.25 bits per heavy atom. The Balaban J connectivity index is 2.17. The van der Waals surface area contributed by atoms with Crippen molar-refractivity contribution in [1.29, 1.82) is 0 Å². The number of carbonyl (C=O) groups is 2. The molecule has 0 radical (unpaired) electrons. The highest BCUT2D eigenvalue weighted by Gasteiger charge is 2.17. The minimum atomic E-state index is -0.337. The molecule has 0 atom stereocenters. The molecule has 0 aliphatic rings. The highest BCUT2D eigenvalue weighted by Crippen LogP contribution is 2.22. The Kier molecular flexibility index (Phi) is 8.41. The first-order valence-electron chi connectivity index (χ1n) is 9.38. The van der Waals surface area contributed by atoms with E-state index in [9.17, 15) is 9.59 Å². The second kappa shape index (κ2) is 10.8. The zero-order chi connectivity index (χ0) is 20.5. The molecule has 2 rings (SSSR count). The lowest BCUT2D eigenvalue weighted by Crippen LogP contribution is -2.26. The van der Waals surface area contributed by atoms with Crippen LogP contribution in [0.25, 0.3) is 0 Å². The van der Waals surface area contributed by atoms with Crippen LogP contribution in [0.5, 0.6) is 0 Å². The van der Waals surface area contributed by atoms with Crippen molar-refractivity contribution in [3.63, 3.8) is 0 Å². The third kappa shape index (κ3) is 5.77. The van der Waals surface area contributed by atoms with Gasteiger partial charge in [-0.2, -0.15) is 0 Å². The molecule has 1 aromatic carbocycles. The van der Waals surface area contributed by atoms with Crippen LogP contribution in [0.15, 0.2) is 23.6 Å². The van der Waals surface area contributed by atoms with E-state index in [-0.39, 0.29) is 11.8 Å². The summed E-state index contributed by atoms with van der Waals surface area (Å²) in [5, 5.41) is 8.16. The Morgan fingerprint density at radius 3 is 2.71 bits per heavy atom. The topological polar surface area (TPSA) is 83.6 Å². The van der Waals surface area contributed by atoms with Crippen LogP contribution >= 0.6 is 11.3 Å². The van der Waals surface area contributed by atoms with Crippen LogP contribution in [0.3, 0.4) is 0 Å². The van der Waals surface area contributed by atoms with Gasteiger partial charge in [-0.15, -0.1) is 11.3 Å². The monoisotopic (exact) mass is 404 g/mol. The van der Waals surface area contributed by atoms with Crippen molar-refractivity contribution in [1.82, 2.24) is 10.3 Å². The van der Waals surface area contributed by atoms with Crippen LogP contribution in [-0.2, 0) is 11.2 Å². The summed E-state index contributed by atoms with van der Waals surface area (Å²) in [6.07, 6.45) is 1.66. The van der Waals surface area contributed by atoms with Gasteiger partial charge in [0, 0.05) is 32.6 Å². The number of rotatable bonds is 10.